The standard InChI is InChI=1S/C25H19Cl2N5O/c1-14-10-11-16(26)12-20(14)32-23(28)21(25(33)29-13-15-6-2-3-7-17(15)27)22-24(32)31-19-9-5-4-8-18(19)30-22/h2-12H,13,28H2,1H3,(H,29,33). The first-order valence-electron chi connectivity index (χ1n) is 10.3. The quantitative estimate of drug-likeness (QED) is 0.348. The van der Waals surface area contributed by atoms with Gasteiger partial charge in [0.2, 0.25) is 0 Å². The van der Waals surface area contributed by atoms with E-state index in [9.17, 15) is 4.79 Å². The van der Waals surface area contributed by atoms with Gasteiger partial charge in [0.15, 0.2) is 5.65 Å². The molecule has 0 bridgehead atoms. The summed E-state index contributed by atoms with van der Waals surface area (Å²) in [6.45, 7) is 2.20. The van der Waals surface area contributed by atoms with Gasteiger partial charge in [0.05, 0.1) is 16.7 Å². The maximum atomic E-state index is 13.4. The van der Waals surface area contributed by atoms with Crippen molar-refractivity contribution in [2.45, 2.75) is 13.5 Å². The van der Waals surface area contributed by atoms with Crippen LogP contribution < -0.4 is 11.1 Å². The van der Waals surface area contributed by atoms with Crippen LogP contribution in [0.5, 0.6) is 0 Å². The van der Waals surface area contributed by atoms with Crippen LogP contribution in [0.15, 0.2) is 66.7 Å². The van der Waals surface area contributed by atoms with Crippen LogP contribution in [0.2, 0.25) is 10.0 Å². The van der Waals surface area contributed by atoms with E-state index in [1.54, 1.807) is 22.8 Å². The van der Waals surface area contributed by atoms with Gasteiger partial charge in [0.25, 0.3) is 5.91 Å². The van der Waals surface area contributed by atoms with Gasteiger partial charge in [-0.25, -0.2) is 9.97 Å². The monoisotopic (exact) mass is 475 g/mol. The molecule has 0 radical (unpaired) electrons. The Morgan fingerprint density at radius 1 is 1.00 bits per heavy atom. The van der Waals surface area contributed by atoms with Crippen LogP contribution in [-0.2, 0) is 6.54 Å². The van der Waals surface area contributed by atoms with E-state index in [2.05, 4.69) is 5.32 Å². The molecule has 0 saturated carbocycles. The number of nitrogens with zero attached hydrogens (tertiary/aromatic N) is 3. The van der Waals surface area contributed by atoms with E-state index in [1.165, 1.54) is 0 Å². The van der Waals surface area contributed by atoms with Crippen molar-refractivity contribution < 1.29 is 4.79 Å². The molecule has 33 heavy (non-hydrogen) atoms. The fourth-order valence-corrected chi connectivity index (χ4v) is 4.23. The molecule has 0 unspecified atom stereocenters. The van der Waals surface area contributed by atoms with Crippen molar-refractivity contribution in [3.63, 3.8) is 0 Å². The number of benzene rings is 3. The van der Waals surface area contributed by atoms with Gasteiger partial charge in [-0.3, -0.25) is 9.36 Å². The molecule has 2 aromatic heterocycles. The number of hydrogen-bond acceptors (Lipinski definition) is 4. The van der Waals surface area contributed by atoms with Crippen LogP contribution in [0.1, 0.15) is 21.5 Å². The minimum absolute atomic E-state index is 0.238. The van der Waals surface area contributed by atoms with E-state index in [0.717, 1.165) is 16.8 Å². The van der Waals surface area contributed by atoms with Gasteiger partial charge in [-0.15, -0.1) is 0 Å². The molecule has 8 heteroatoms. The molecule has 1 amide bonds. The van der Waals surface area contributed by atoms with Crippen molar-refractivity contribution in [3.8, 4) is 5.69 Å². The summed E-state index contributed by atoms with van der Waals surface area (Å²) < 4.78 is 1.74. The van der Waals surface area contributed by atoms with Crippen molar-refractivity contribution in [2.75, 3.05) is 5.73 Å². The van der Waals surface area contributed by atoms with Gasteiger partial charge < -0.3 is 11.1 Å². The molecule has 164 valence electrons. The lowest BCUT2D eigenvalue weighted by Gasteiger charge is -2.12. The third kappa shape index (κ3) is 3.77. The number of carbonyl (C=O) groups is 1. The van der Waals surface area contributed by atoms with Gasteiger partial charge in [-0.05, 0) is 48.4 Å². The normalized spacial score (nSPS) is 11.2. The highest BCUT2D eigenvalue weighted by Crippen LogP contribution is 2.33. The number of nitrogens with two attached hydrogens (primary N) is 1. The van der Waals surface area contributed by atoms with E-state index in [-0.39, 0.29) is 23.8 Å². The fraction of sp³-hybridized carbons (Fsp3) is 0.0800. The SMILES string of the molecule is Cc1ccc(Cl)cc1-n1c(N)c(C(=O)NCc2ccccc2Cl)c2nc3ccccc3nc21. The number of halogens is 2. The zero-order valence-electron chi connectivity index (χ0n) is 17.6. The van der Waals surface area contributed by atoms with Crippen LogP contribution in [0.4, 0.5) is 5.82 Å². The maximum absolute atomic E-state index is 13.4. The minimum atomic E-state index is -0.361. The summed E-state index contributed by atoms with van der Waals surface area (Å²) in [5.74, 6) is -0.122. The average Bonchev–Trinajstić information content (AvgIpc) is 3.09. The topological polar surface area (TPSA) is 85.8 Å². The highest BCUT2D eigenvalue weighted by atomic mass is 35.5. The summed E-state index contributed by atoms with van der Waals surface area (Å²) >= 11 is 12.5. The molecule has 0 aliphatic rings. The first kappa shape index (κ1) is 21.2. The average molecular weight is 476 g/mol. The summed E-state index contributed by atoms with van der Waals surface area (Å²) in [4.78, 5) is 22.9. The number of aromatic nitrogens is 3. The number of para-hydroxylation sites is 2. The van der Waals surface area contributed by atoms with Gasteiger partial charge in [0.1, 0.15) is 16.9 Å². The van der Waals surface area contributed by atoms with E-state index < -0.39 is 0 Å². The van der Waals surface area contributed by atoms with Crippen molar-refractivity contribution in [2.24, 2.45) is 0 Å². The van der Waals surface area contributed by atoms with Gasteiger partial charge >= 0.3 is 0 Å². The lowest BCUT2D eigenvalue weighted by Crippen LogP contribution is -2.24. The first-order valence-corrected chi connectivity index (χ1v) is 11.0. The van der Waals surface area contributed by atoms with Gasteiger partial charge in [-0.1, -0.05) is 59.6 Å². The van der Waals surface area contributed by atoms with Crippen molar-refractivity contribution in [3.05, 3.63) is 93.5 Å². The van der Waals surface area contributed by atoms with Crippen molar-refractivity contribution in [1.29, 1.82) is 0 Å². The Bertz CT molecular complexity index is 1540. The zero-order valence-corrected chi connectivity index (χ0v) is 19.2. The molecule has 0 aliphatic heterocycles. The molecule has 0 spiro atoms. The summed E-state index contributed by atoms with van der Waals surface area (Å²) in [5.41, 5.74) is 11.6. The van der Waals surface area contributed by atoms with Gasteiger partial charge in [-0.2, -0.15) is 0 Å². The highest BCUT2D eigenvalue weighted by Gasteiger charge is 2.25. The number of aryl methyl sites for hydroxylation is 1. The Labute approximate surface area is 200 Å². The zero-order chi connectivity index (χ0) is 23.1. The summed E-state index contributed by atoms with van der Waals surface area (Å²) in [6.07, 6.45) is 0. The second-order valence-corrected chi connectivity index (χ2v) is 8.53. The molecule has 0 aliphatic carbocycles. The van der Waals surface area contributed by atoms with E-state index in [1.807, 2.05) is 55.5 Å². The van der Waals surface area contributed by atoms with Crippen LogP contribution in [-0.4, -0.2) is 20.4 Å². The second-order valence-electron chi connectivity index (χ2n) is 7.69. The molecular formula is C25H19Cl2N5O. The van der Waals surface area contributed by atoms with E-state index >= 15 is 0 Å². The summed E-state index contributed by atoms with van der Waals surface area (Å²) in [7, 11) is 0. The third-order valence-corrected chi connectivity index (χ3v) is 6.14. The number of rotatable bonds is 4. The molecule has 6 nitrogen and oxygen atoms in total. The number of hydrogen-bond donors (Lipinski definition) is 2. The number of nitrogen functional groups attached to an aromatic ring is 1. The fourth-order valence-electron chi connectivity index (χ4n) is 3.86. The molecule has 3 aromatic carbocycles. The minimum Gasteiger partial charge on any atom is -0.384 e. The number of nitrogens with one attached hydrogen (secondary N) is 1. The van der Waals surface area contributed by atoms with Crippen LogP contribution in [0.3, 0.4) is 0 Å². The summed E-state index contributed by atoms with van der Waals surface area (Å²) in [6, 6.07) is 20.3. The maximum Gasteiger partial charge on any atom is 0.257 e. The largest absolute Gasteiger partial charge is 0.384 e. The molecule has 0 fully saturated rings. The number of amides is 1. The van der Waals surface area contributed by atoms with E-state index in [0.29, 0.717) is 32.2 Å². The number of anilines is 1. The second kappa shape index (κ2) is 8.39. The predicted octanol–water partition coefficient (Wildman–Crippen LogP) is 5.70. The number of carbonyl (C=O) groups excluding carboxylic acids is 1. The Hall–Kier alpha value is -3.61. The van der Waals surface area contributed by atoms with Crippen LogP contribution in [0.25, 0.3) is 27.9 Å². The molecule has 2 heterocycles. The number of fused-ring (bicyclic) bond motifs is 2. The van der Waals surface area contributed by atoms with Gasteiger partial charge in [0, 0.05) is 16.6 Å². The molecule has 0 saturated heterocycles. The highest BCUT2D eigenvalue weighted by molar-refractivity contribution is 6.31. The Kier molecular flexibility index (Phi) is 5.40. The first-order chi connectivity index (χ1) is 15.9. The lowest BCUT2D eigenvalue weighted by atomic mass is 10.2. The van der Waals surface area contributed by atoms with Crippen molar-refractivity contribution >= 4 is 57.1 Å². The molecular weight excluding hydrogens is 457 g/mol. The molecule has 5 aromatic rings. The predicted molar refractivity (Wildman–Crippen MR) is 133 cm³/mol. The van der Waals surface area contributed by atoms with Crippen LogP contribution in [0, 0.1) is 6.92 Å². The third-order valence-electron chi connectivity index (χ3n) is 5.53. The lowest BCUT2D eigenvalue weighted by molar-refractivity contribution is 0.0953. The Morgan fingerprint density at radius 3 is 2.45 bits per heavy atom. The van der Waals surface area contributed by atoms with E-state index in [4.69, 9.17) is 38.9 Å². The van der Waals surface area contributed by atoms with Crippen molar-refractivity contribution in [1.82, 2.24) is 19.9 Å². The molecule has 3 N–H and O–H groups in total. The summed E-state index contributed by atoms with van der Waals surface area (Å²) in [5, 5.41) is 4.05. The Balaban J connectivity index is 1.70. The van der Waals surface area contributed by atoms with Crippen LogP contribution >= 0.6 is 23.2 Å². The Morgan fingerprint density at radius 2 is 1.70 bits per heavy atom. The smallest absolute Gasteiger partial charge is 0.257 e. The molecule has 0 atom stereocenters. The molecule has 5 rings (SSSR count).